The fraction of sp³-hybridized carbons (Fsp3) is 0.429. The molecular weight excluding hydrogens is 246 g/mol. The highest BCUT2D eigenvalue weighted by atomic mass is 16.6. The number of rotatable bonds is 3. The highest BCUT2D eigenvalue weighted by Gasteiger charge is 2.46. The summed E-state index contributed by atoms with van der Waals surface area (Å²) in [6, 6.07) is 7.14. The highest BCUT2D eigenvalue weighted by Crippen LogP contribution is 2.34. The SMILES string of the molecule is COc1ccccc1NC(=O)[C@@H]1CC(=O)OC1(C)C. The van der Waals surface area contributed by atoms with E-state index in [2.05, 4.69) is 5.32 Å². The van der Waals surface area contributed by atoms with Gasteiger partial charge >= 0.3 is 5.97 Å². The van der Waals surface area contributed by atoms with Crippen molar-refractivity contribution >= 4 is 17.6 Å². The number of hydrogen-bond donors (Lipinski definition) is 1. The molecule has 2 rings (SSSR count). The molecule has 1 aliphatic heterocycles. The molecule has 1 saturated heterocycles. The largest absolute Gasteiger partial charge is 0.495 e. The smallest absolute Gasteiger partial charge is 0.307 e. The molecule has 5 nitrogen and oxygen atoms in total. The number of methoxy groups -OCH3 is 1. The number of benzene rings is 1. The Morgan fingerprint density at radius 2 is 2.11 bits per heavy atom. The summed E-state index contributed by atoms with van der Waals surface area (Å²) in [6.45, 7) is 3.48. The molecule has 0 aromatic heterocycles. The normalized spacial score (nSPS) is 20.8. The molecule has 0 bridgehead atoms. The van der Waals surface area contributed by atoms with E-state index in [0.717, 1.165) is 0 Å². The summed E-state index contributed by atoms with van der Waals surface area (Å²) in [7, 11) is 1.54. The van der Waals surface area contributed by atoms with Crippen molar-refractivity contribution in [1.29, 1.82) is 0 Å². The number of carbonyl (C=O) groups excluding carboxylic acids is 2. The minimum Gasteiger partial charge on any atom is -0.495 e. The third-order valence-corrected chi connectivity index (χ3v) is 3.27. The van der Waals surface area contributed by atoms with Crippen molar-refractivity contribution in [3.63, 3.8) is 0 Å². The van der Waals surface area contributed by atoms with E-state index in [1.165, 1.54) is 7.11 Å². The fourth-order valence-corrected chi connectivity index (χ4v) is 2.19. The van der Waals surface area contributed by atoms with Crippen LogP contribution in [0.25, 0.3) is 0 Å². The Bertz CT molecular complexity index is 510. The van der Waals surface area contributed by atoms with Crippen molar-refractivity contribution in [3.05, 3.63) is 24.3 Å². The topological polar surface area (TPSA) is 64.6 Å². The van der Waals surface area contributed by atoms with Gasteiger partial charge in [-0.1, -0.05) is 12.1 Å². The second-order valence-corrected chi connectivity index (χ2v) is 5.02. The van der Waals surface area contributed by atoms with Crippen LogP contribution in [-0.2, 0) is 14.3 Å². The van der Waals surface area contributed by atoms with Gasteiger partial charge in [-0.05, 0) is 26.0 Å². The molecule has 5 heteroatoms. The molecule has 1 N–H and O–H groups in total. The first-order valence-electron chi connectivity index (χ1n) is 6.10. The van der Waals surface area contributed by atoms with Gasteiger partial charge in [-0.2, -0.15) is 0 Å². The van der Waals surface area contributed by atoms with Gasteiger partial charge in [0.2, 0.25) is 5.91 Å². The van der Waals surface area contributed by atoms with Gasteiger partial charge < -0.3 is 14.8 Å². The first-order chi connectivity index (χ1) is 8.94. The van der Waals surface area contributed by atoms with Crippen LogP contribution >= 0.6 is 0 Å². The van der Waals surface area contributed by atoms with Crippen LogP contribution in [0.2, 0.25) is 0 Å². The molecule has 0 spiro atoms. The van der Waals surface area contributed by atoms with Crippen LogP contribution in [0.4, 0.5) is 5.69 Å². The van der Waals surface area contributed by atoms with E-state index in [9.17, 15) is 9.59 Å². The molecule has 1 atom stereocenters. The average molecular weight is 263 g/mol. The van der Waals surface area contributed by atoms with E-state index >= 15 is 0 Å². The standard InChI is InChI=1S/C14H17NO4/c1-14(2)9(8-12(16)19-14)13(17)15-10-6-4-5-7-11(10)18-3/h4-7,9H,8H2,1-3H3,(H,15,17)/t9-/m0/s1. The summed E-state index contributed by atoms with van der Waals surface area (Å²) in [5, 5.41) is 2.78. The molecule has 1 aromatic rings. The highest BCUT2D eigenvalue weighted by molar-refractivity contribution is 5.97. The lowest BCUT2D eigenvalue weighted by molar-refractivity contribution is -0.147. The molecule has 1 heterocycles. The Hall–Kier alpha value is -2.04. The fourth-order valence-electron chi connectivity index (χ4n) is 2.19. The van der Waals surface area contributed by atoms with E-state index < -0.39 is 11.5 Å². The zero-order chi connectivity index (χ0) is 14.0. The van der Waals surface area contributed by atoms with E-state index in [4.69, 9.17) is 9.47 Å². The van der Waals surface area contributed by atoms with Gasteiger partial charge in [-0.15, -0.1) is 0 Å². The van der Waals surface area contributed by atoms with Gasteiger partial charge in [0.05, 0.1) is 25.1 Å². The molecule has 0 aliphatic carbocycles. The summed E-state index contributed by atoms with van der Waals surface area (Å²) < 4.78 is 10.3. The predicted molar refractivity (Wildman–Crippen MR) is 69.9 cm³/mol. The van der Waals surface area contributed by atoms with E-state index in [1.807, 2.05) is 6.07 Å². The third kappa shape index (κ3) is 2.70. The Morgan fingerprint density at radius 3 is 2.68 bits per heavy atom. The number of para-hydroxylation sites is 2. The Labute approximate surface area is 111 Å². The molecule has 1 amide bonds. The molecule has 0 radical (unpaired) electrons. The number of carbonyl (C=O) groups is 2. The Balaban J connectivity index is 2.15. The molecule has 0 unspecified atom stereocenters. The van der Waals surface area contributed by atoms with Gasteiger partial charge in [0.15, 0.2) is 0 Å². The minimum absolute atomic E-state index is 0.105. The number of anilines is 1. The second kappa shape index (κ2) is 4.91. The molecule has 1 aromatic carbocycles. The zero-order valence-electron chi connectivity index (χ0n) is 11.2. The second-order valence-electron chi connectivity index (χ2n) is 5.02. The van der Waals surface area contributed by atoms with Crippen LogP contribution in [0.15, 0.2) is 24.3 Å². The van der Waals surface area contributed by atoms with Gasteiger partial charge in [0.1, 0.15) is 11.4 Å². The van der Waals surface area contributed by atoms with Crippen LogP contribution in [0, 0.1) is 5.92 Å². The van der Waals surface area contributed by atoms with Crippen molar-refractivity contribution in [3.8, 4) is 5.75 Å². The van der Waals surface area contributed by atoms with Crippen LogP contribution in [0.1, 0.15) is 20.3 Å². The lowest BCUT2D eigenvalue weighted by Gasteiger charge is -2.24. The molecule has 1 fully saturated rings. The number of cyclic esters (lactones) is 1. The lowest BCUT2D eigenvalue weighted by atomic mass is 9.90. The van der Waals surface area contributed by atoms with E-state index in [-0.39, 0.29) is 18.3 Å². The monoisotopic (exact) mass is 263 g/mol. The predicted octanol–water partition coefficient (Wildman–Crippen LogP) is 1.98. The van der Waals surface area contributed by atoms with Gasteiger partial charge in [0.25, 0.3) is 0 Å². The molecular formula is C14H17NO4. The number of nitrogens with one attached hydrogen (secondary N) is 1. The minimum atomic E-state index is -0.775. The molecule has 0 saturated carbocycles. The van der Waals surface area contributed by atoms with Gasteiger partial charge in [0, 0.05) is 0 Å². The quantitative estimate of drug-likeness (QED) is 0.847. The lowest BCUT2D eigenvalue weighted by Crippen LogP contribution is -2.36. The van der Waals surface area contributed by atoms with Crippen LogP contribution in [0.5, 0.6) is 5.75 Å². The summed E-state index contributed by atoms with van der Waals surface area (Å²) in [5.41, 5.74) is -0.187. The molecule has 19 heavy (non-hydrogen) atoms. The maximum Gasteiger partial charge on any atom is 0.307 e. The number of ether oxygens (including phenoxy) is 2. The van der Waals surface area contributed by atoms with E-state index in [1.54, 1.807) is 32.0 Å². The Morgan fingerprint density at radius 1 is 1.42 bits per heavy atom. The molecule has 1 aliphatic rings. The third-order valence-electron chi connectivity index (χ3n) is 3.27. The summed E-state index contributed by atoms with van der Waals surface area (Å²) in [6.07, 6.45) is 0.105. The van der Waals surface area contributed by atoms with E-state index in [0.29, 0.717) is 11.4 Å². The summed E-state index contributed by atoms with van der Waals surface area (Å²) in [5.74, 6) is -0.491. The maximum absolute atomic E-state index is 12.2. The van der Waals surface area contributed by atoms with Crippen molar-refractivity contribution in [2.24, 2.45) is 5.92 Å². The van der Waals surface area contributed by atoms with Crippen molar-refractivity contribution in [2.75, 3.05) is 12.4 Å². The van der Waals surface area contributed by atoms with Crippen molar-refractivity contribution in [2.45, 2.75) is 25.9 Å². The zero-order valence-corrected chi connectivity index (χ0v) is 11.2. The first-order valence-corrected chi connectivity index (χ1v) is 6.10. The van der Waals surface area contributed by atoms with Crippen molar-refractivity contribution in [1.82, 2.24) is 0 Å². The van der Waals surface area contributed by atoms with Crippen LogP contribution in [0.3, 0.4) is 0 Å². The molecule has 102 valence electrons. The maximum atomic E-state index is 12.2. The van der Waals surface area contributed by atoms with Gasteiger partial charge in [-0.25, -0.2) is 0 Å². The summed E-state index contributed by atoms with van der Waals surface area (Å²) in [4.78, 5) is 23.6. The Kier molecular flexibility index (Phi) is 3.46. The summed E-state index contributed by atoms with van der Waals surface area (Å²) >= 11 is 0. The number of esters is 1. The average Bonchev–Trinajstić information content (AvgIpc) is 2.63. The van der Waals surface area contributed by atoms with Crippen molar-refractivity contribution < 1.29 is 19.1 Å². The number of amides is 1. The van der Waals surface area contributed by atoms with Crippen LogP contribution < -0.4 is 10.1 Å². The number of hydrogen-bond acceptors (Lipinski definition) is 4. The van der Waals surface area contributed by atoms with Gasteiger partial charge in [-0.3, -0.25) is 9.59 Å². The van der Waals surface area contributed by atoms with Crippen LogP contribution in [-0.4, -0.2) is 24.6 Å². The first kappa shape index (κ1) is 13.4.